The molecule has 4 atom stereocenters. The van der Waals surface area contributed by atoms with Gasteiger partial charge in [-0.3, -0.25) is 10.1 Å². The molecule has 0 bridgehead atoms. The number of hydrogen-bond acceptors (Lipinski definition) is 4. The largest absolute Gasteiger partial charge is 0.388 e. The first-order valence-electron chi connectivity index (χ1n) is 7.72. The van der Waals surface area contributed by atoms with E-state index in [0.717, 1.165) is 12.5 Å². The fraction of sp³-hybridized carbons (Fsp3) is 0.625. The molecular weight excluding hydrogens is 268 g/mol. The number of nitrogens with one attached hydrogen (secondary N) is 1. The van der Waals surface area contributed by atoms with Crippen LogP contribution in [0, 0.1) is 28.9 Å². The van der Waals surface area contributed by atoms with Crippen molar-refractivity contribution in [3.05, 3.63) is 39.4 Å². The van der Waals surface area contributed by atoms with Crippen molar-refractivity contribution in [2.75, 3.05) is 6.54 Å². The van der Waals surface area contributed by atoms with Crippen molar-refractivity contribution in [1.29, 1.82) is 0 Å². The predicted molar refractivity (Wildman–Crippen MR) is 80.0 cm³/mol. The predicted octanol–water partition coefficient (Wildman–Crippen LogP) is 2.71. The SMILES string of the molecule is Cc1ccc(C(O)CC2NCC3CCCC32)cc1[N+](=O)[O-]. The molecule has 2 fully saturated rings. The molecule has 0 aromatic heterocycles. The van der Waals surface area contributed by atoms with Gasteiger partial charge < -0.3 is 10.4 Å². The van der Waals surface area contributed by atoms with Gasteiger partial charge >= 0.3 is 0 Å². The molecule has 0 amide bonds. The van der Waals surface area contributed by atoms with E-state index >= 15 is 0 Å². The van der Waals surface area contributed by atoms with Crippen molar-refractivity contribution in [3.8, 4) is 0 Å². The Balaban J connectivity index is 1.72. The molecule has 114 valence electrons. The lowest BCUT2D eigenvalue weighted by Gasteiger charge is -2.21. The van der Waals surface area contributed by atoms with Crippen molar-refractivity contribution in [1.82, 2.24) is 5.32 Å². The van der Waals surface area contributed by atoms with E-state index in [0.29, 0.717) is 29.5 Å². The van der Waals surface area contributed by atoms with Crippen LogP contribution in [0.3, 0.4) is 0 Å². The third kappa shape index (κ3) is 2.80. The van der Waals surface area contributed by atoms with Gasteiger partial charge in [0.05, 0.1) is 11.0 Å². The first kappa shape index (κ1) is 14.5. The standard InChI is InChI=1S/C16H22N2O3/c1-10-5-6-11(7-15(10)18(20)21)16(19)8-14-13-4-2-3-12(13)9-17-14/h5-7,12-14,16-17,19H,2-4,8-9H2,1H3. The number of aliphatic hydroxyl groups excluding tert-OH is 1. The molecule has 2 N–H and O–H groups in total. The van der Waals surface area contributed by atoms with Crippen LogP contribution in [0.15, 0.2) is 18.2 Å². The number of benzene rings is 1. The molecular formula is C16H22N2O3. The molecule has 1 saturated heterocycles. The molecule has 1 saturated carbocycles. The summed E-state index contributed by atoms with van der Waals surface area (Å²) >= 11 is 0. The van der Waals surface area contributed by atoms with Gasteiger partial charge in [0.1, 0.15) is 0 Å². The third-order valence-electron chi connectivity index (χ3n) is 5.17. The molecule has 0 spiro atoms. The Morgan fingerprint density at radius 2 is 2.29 bits per heavy atom. The summed E-state index contributed by atoms with van der Waals surface area (Å²) in [6, 6.07) is 5.37. The van der Waals surface area contributed by atoms with Crippen molar-refractivity contribution in [2.45, 2.75) is 44.8 Å². The van der Waals surface area contributed by atoms with Crippen LogP contribution in [0.4, 0.5) is 5.69 Å². The zero-order chi connectivity index (χ0) is 15.0. The van der Waals surface area contributed by atoms with E-state index in [1.165, 1.54) is 25.3 Å². The van der Waals surface area contributed by atoms with Crippen molar-refractivity contribution < 1.29 is 10.0 Å². The highest BCUT2D eigenvalue weighted by atomic mass is 16.6. The lowest BCUT2D eigenvalue weighted by atomic mass is 9.89. The van der Waals surface area contributed by atoms with Crippen LogP contribution in [-0.4, -0.2) is 22.6 Å². The van der Waals surface area contributed by atoms with Crippen molar-refractivity contribution >= 4 is 5.69 Å². The number of nitro groups is 1. The molecule has 1 aromatic carbocycles. The highest BCUT2D eigenvalue weighted by Gasteiger charge is 2.39. The van der Waals surface area contributed by atoms with Gasteiger partial charge in [-0.2, -0.15) is 0 Å². The van der Waals surface area contributed by atoms with Gasteiger partial charge in [-0.15, -0.1) is 0 Å². The van der Waals surface area contributed by atoms with Crippen LogP contribution in [0.1, 0.15) is 42.9 Å². The second-order valence-electron chi connectivity index (χ2n) is 6.42. The zero-order valence-electron chi connectivity index (χ0n) is 12.3. The summed E-state index contributed by atoms with van der Waals surface area (Å²) < 4.78 is 0. The van der Waals surface area contributed by atoms with E-state index < -0.39 is 6.10 Å². The molecule has 0 radical (unpaired) electrons. The van der Waals surface area contributed by atoms with Gasteiger partial charge in [0.15, 0.2) is 0 Å². The molecule has 5 heteroatoms. The Morgan fingerprint density at radius 1 is 1.48 bits per heavy atom. The monoisotopic (exact) mass is 290 g/mol. The first-order chi connectivity index (χ1) is 10.1. The van der Waals surface area contributed by atoms with Crippen LogP contribution >= 0.6 is 0 Å². The number of aryl methyl sites for hydroxylation is 1. The Morgan fingerprint density at radius 3 is 3.05 bits per heavy atom. The third-order valence-corrected chi connectivity index (χ3v) is 5.17. The van der Waals surface area contributed by atoms with Gasteiger partial charge in [0.2, 0.25) is 0 Å². The summed E-state index contributed by atoms with van der Waals surface area (Å²) in [5.41, 5.74) is 1.37. The average Bonchev–Trinajstić information content (AvgIpc) is 3.04. The second kappa shape index (κ2) is 5.73. The Labute approximate surface area is 124 Å². The van der Waals surface area contributed by atoms with E-state index in [1.54, 1.807) is 19.1 Å². The fourth-order valence-electron chi connectivity index (χ4n) is 3.97. The minimum atomic E-state index is -0.638. The average molecular weight is 290 g/mol. The van der Waals surface area contributed by atoms with Crippen LogP contribution < -0.4 is 5.32 Å². The quantitative estimate of drug-likeness (QED) is 0.660. The topological polar surface area (TPSA) is 75.4 Å². The zero-order valence-corrected chi connectivity index (χ0v) is 12.3. The number of nitro benzene ring substituents is 1. The number of nitrogens with zero attached hydrogens (tertiary/aromatic N) is 1. The molecule has 4 unspecified atom stereocenters. The molecule has 1 aliphatic heterocycles. The second-order valence-corrected chi connectivity index (χ2v) is 6.42. The molecule has 2 aliphatic rings. The van der Waals surface area contributed by atoms with E-state index in [1.807, 2.05) is 0 Å². The Bertz CT molecular complexity index is 546. The maximum atomic E-state index is 11.0. The fourth-order valence-corrected chi connectivity index (χ4v) is 3.97. The minimum absolute atomic E-state index is 0.0877. The summed E-state index contributed by atoms with van der Waals surface area (Å²) in [4.78, 5) is 10.6. The smallest absolute Gasteiger partial charge is 0.272 e. The van der Waals surface area contributed by atoms with Gasteiger partial charge in [0.25, 0.3) is 5.69 Å². The molecule has 1 heterocycles. The summed E-state index contributed by atoms with van der Waals surface area (Å²) in [5.74, 6) is 1.43. The maximum Gasteiger partial charge on any atom is 0.272 e. The highest BCUT2D eigenvalue weighted by molar-refractivity contribution is 5.43. The number of rotatable bonds is 4. The summed E-state index contributed by atoms with van der Waals surface area (Å²) in [7, 11) is 0. The number of hydrogen-bond donors (Lipinski definition) is 2. The van der Waals surface area contributed by atoms with Gasteiger partial charge in [0, 0.05) is 17.7 Å². The number of aliphatic hydroxyl groups is 1. The Kier molecular flexibility index (Phi) is 3.95. The number of fused-ring (bicyclic) bond motifs is 1. The van der Waals surface area contributed by atoms with E-state index in [4.69, 9.17) is 0 Å². The van der Waals surface area contributed by atoms with Crippen molar-refractivity contribution in [3.63, 3.8) is 0 Å². The molecule has 5 nitrogen and oxygen atoms in total. The van der Waals surface area contributed by atoms with Crippen LogP contribution in [0.5, 0.6) is 0 Å². The maximum absolute atomic E-state index is 11.0. The van der Waals surface area contributed by atoms with Crippen molar-refractivity contribution in [2.24, 2.45) is 11.8 Å². The Hall–Kier alpha value is -1.46. The van der Waals surface area contributed by atoms with Gasteiger partial charge in [-0.1, -0.05) is 18.6 Å². The summed E-state index contributed by atoms with van der Waals surface area (Å²) in [6.45, 7) is 2.77. The summed E-state index contributed by atoms with van der Waals surface area (Å²) in [6.07, 6.45) is 3.82. The van der Waals surface area contributed by atoms with Crippen LogP contribution in [0.25, 0.3) is 0 Å². The van der Waals surface area contributed by atoms with Crippen LogP contribution in [0.2, 0.25) is 0 Å². The minimum Gasteiger partial charge on any atom is -0.388 e. The summed E-state index contributed by atoms with van der Waals surface area (Å²) in [5, 5.41) is 25.0. The molecule has 1 aliphatic carbocycles. The molecule has 21 heavy (non-hydrogen) atoms. The molecule has 1 aromatic rings. The lowest BCUT2D eigenvalue weighted by Crippen LogP contribution is -2.28. The van der Waals surface area contributed by atoms with E-state index in [9.17, 15) is 15.2 Å². The normalized spacial score (nSPS) is 29.3. The first-order valence-corrected chi connectivity index (χ1v) is 7.72. The highest BCUT2D eigenvalue weighted by Crippen LogP contribution is 2.40. The molecule has 3 rings (SSSR count). The van der Waals surface area contributed by atoms with E-state index in [-0.39, 0.29) is 10.6 Å². The van der Waals surface area contributed by atoms with Gasteiger partial charge in [-0.25, -0.2) is 0 Å². The van der Waals surface area contributed by atoms with Crippen LogP contribution in [-0.2, 0) is 0 Å². The lowest BCUT2D eigenvalue weighted by molar-refractivity contribution is -0.385. The van der Waals surface area contributed by atoms with E-state index in [2.05, 4.69) is 5.32 Å². The van der Waals surface area contributed by atoms with Gasteiger partial charge in [-0.05, 0) is 50.1 Å².